The van der Waals surface area contributed by atoms with Gasteiger partial charge in [-0.2, -0.15) is 0 Å². The topological polar surface area (TPSA) is 50.4 Å². The van der Waals surface area contributed by atoms with Gasteiger partial charge in [0.05, 0.1) is 5.02 Å². The first-order valence-electron chi connectivity index (χ1n) is 5.85. The molecule has 96 valence electrons. The first-order chi connectivity index (χ1) is 8.41. The van der Waals surface area contributed by atoms with Crippen LogP contribution in [0, 0.1) is 12.8 Å². The smallest absolute Gasteiger partial charge is 0.372 e. The minimum absolute atomic E-state index is 0.00917. The van der Waals surface area contributed by atoms with Crippen LogP contribution < -0.4 is 0 Å². The van der Waals surface area contributed by atoms with Crippen LogP contribution in [0.15, 0.2) is 16.5 Å². The van der Waals surface area contributed by atoms with Crippen molar-refractivity contribution in [3.05, 3.63) is 34.0 Å². The molecule has 0 radical (unpaired) electrons. The number of benzene rings is 1. The van der Waals surface area contributed by atoms with Gasteiger partial charge in [-0.15, -0.1) is 0 Å². The highest BCUT2D eigenvalue weighted by Gasteiger charge is 2.23. The molecule has 0 bridgehead atoms. The molecule has 0 aliphatic carbocycles. The molecule has 0 amide bonds. The van der Waals surface area contributed by atoms with Crippen molar-refractivity contribution in [1.82, 2.24) is 0 Å². The third-order valence-corrected chi connectivity index (χ3v) is 3.21. The number of carboxylic acids is 1. The van der Waals surface area contributed by atoms with Gasteiger partial charge < -0.3 is 9.52 Å². The van der Waals surface area contributed by atoms with Gasteiger partial charge in [-0.1, -0.05) is 31.5 Å². The fraction of sp³-hybridized carbons (Fsp3) is 0.357. The Hall–Kier alpha value is -1.48. The molecular formula is C14H15ClO3. The second-order valence-electron chi connectivity index (χ2n) is 4.88. The van der Waals surface area contributed by atoms with E-state index >= 15 is 0 Å². The fourth-order valence-corrected chi connectivity index (χ4v) is 2.39. The van der Waals surface area contributed by atoms with Crippen LogP contribution in [-0.2, 0) is 6.42 Å². The lowest BCUT2D eigenvalue weighted by Gasteiger charge is -2.04. The number of aromatic carboxylic acids is 1. The van der Waals surface area contributed by atoms with Gasteiger partial charge in [-0.05, 0) is 30.9 Å². The molecule has 0 fully saturated rings. The maximum absolute atomic E-state index is 11.3. The van der Waals surface area contributed by atoms with Crippen molar-refractivity contribution in [2.45, 2.75) is 27.2 Å². The molecule has 1 aromatic heterocycles. The van der Waals surface area contributed by atoms with E-state index in [1.807, 2.05) is 26.8 Å². The molecule has 2 rings (SSSR count). The highest BCUT2D eigenvalue weighted by molar-refractivity contribution is 6.36. The van der Waals surface area contributed by atoms with Crippen LogP contribution in [0.2, 0.25) is 5.02 Å². The summed E-state index contributed by atoms with van der Waals surface area (Å²) >= 11 is 6.18. The maximum atomic E-state index is 11.3. The number of hydrogen-bond acceptors (Lipinski definition) is 2. The number of rotatable bonds is 3. The Labute approximate surface area is 110 Å². The standard InChI is InChI=1S/C14H15ClO3/c1-7(2)6-9-11-10(15)5-4-8(3)12(11)18-13(9)14(16)17/h4-5,7H,6H2,1-3H3,(H,16,17). The van der Waals surface area contributed by atoms with E-state index in [9.17, 15) is 9.90 Å². The summed E-state index contributed by atoms with van der Waals surface area (Å²) in [6, 6.07) is 3.61. The summed E-state index contributed by atoms with van der Waals surface area (Å²) in [5, 5.41) is 10.5. The van der Waals surface area contributed by atoms with Crippen LogP contribution in [0.25, 0.3) is 11.0 Å². The molecule has 0 unspecified atom stereocenters. The average Bonchev–Trinajstić information content (AvgIpc) is 2.63. The summed E-state index contributed by atoms with van der Waals surface area (Å²) in [6.07, 6.45) is 0.637. The molecule has 1 aromatic carbocycles. The molecule has 1 heterocycles. The Bertz CT molecular complexity index is 611. The molecule has 3 nitrogen and oxygen atoms in total. The van der Waals surface area contributed by atoms with Crippen LogP contribution >= 0.6 is 11.6 Å². The van der Waals surface area contributed by atoms with Gasteiger partial charge in [0, 0.05) is 10.9 Å². The lowest BCUT2D eigenvalue weighted by Crippen LogP contribution is -2.02. The normalized spacial score (nSPS) is 11.4. The van der Waals surface area contributed by atoms with Crippen molar-refractivity contribution < 1.29 is 14.3 Å². The molecule has 0 atom stereocenters. The molecule has 0 saturated carbocycles. The maximum Gasteiger partial charge on any atom is 0.372 e. The quantitative estimate of drug-likeness (QED) is 0.901. The summed E-state index contributed by atoms with van der Waals surface area (Å²) < 4.78 is 5.49. The number of fused-ring (bicyclic) bond motifs is 1. The van der Waals surface area contributed by atoms with Gasteiger partial charge in [-0.25, -0.2) is 4.79 Å². The van der Waals surface area contributed by atoms with Crippen LogP contribution in [0.3, 0.4) is 0 Å². The minimum atomic E-state index is -1.04. The number of furan rings is 1. The molecule has 0 aliphatic rings. The monoisotopic (exact) mass is 266 g/mol. The molecule has 2 aromatic rings. The summed E-state index contributed by atoms with van der Waals surface area (Å²) in [7, 11) is 0. The highest BCUT2D eigenvalue weighted by atomic mass is 35.5. The van der Waals surface area contributed by atoms with E-state index in [-0.39, 0.29) is 5.76 Å². The zero-order chi connectivity index (χ0) is 13.4. The molecular weight excluding hydrogens is 252 g/mol. The number of carboxylic acid groups (broad SMARTS) is 1. The first kappa shape index (κ1) is 13.0. The van der Waals surface area contributed by atoms with Crippen LogP contribution in [0.4, 0.5) is 0 Å². The number of halogens is 1. The highest BCUT2D eigenvalue weighted by Crippen LogP contribution is 2.35. The zero-order valence-electron chi connectivity index (χ0n) is 10.6. The van der Waals surface area contributed by atoms with E-state index in [1.54, 1.807) is 6.07 Å². The number of hydrogen-bond donors (Lipinski definition) is 1. The van der Waals surface area contributed by atoms with Crippen molar-refractivity contribution in [3.8, 4) is 0 Å². The Morgan fingerprint density at radius 1 is 1.44 bits per heavy atom. The van der Waals surface area contributed by atoms with E-state index in [4.69, 9.17) is 16.0 Å². The summed E-state index contributed by atoms with van der Waals surface area (Å²) in [5.74, 6) is -0.701. The predicted octanol–water partition coefficient (Wildman–Crippen LogP) is 4.29. The van der Waals surface area contributed by atoms with Crippen molar-refractivity contribution in [2.75, 3.05) is 0 Å². The fourth-order valence-electron chi connectivity index (χ4n) is 2.13. The molecule has 1 N–H and O–H groups in total. The van der Waals surface area contributed by atoms with E-state index in [0.717, 1.165) is 10.9 Å². The molecule has 0 saturated heterocycles. The first-order valence-corrected chi connectivity index (χ1v) is 6.23. The van der Waals surface area contributed by atoms with Crippen LogP contribution in [0.5, 0.6) is 0 Å². The van der Waals surface area contributed by atoms with Crippen molar-refractivity contribution >= 4 is 28.5 Å². The van der Waals surface area contributed by atoms with E-state index in [2.05, 4.69) is 0 Å². The molecule has 4 heteroatoms. The zero-order valence-corrected chi connectivity index (χ0v) is 11.3. The Morgan fingerprint density at radius 2 is 2.11 bits per heavy atom. The number of aryl methyl sites for hydroxylation is 1. The summed E-state index contributed by atoms with van der Waals surface area (Å²) in [5.41, 5.74) is 2.17. The van der Waals surface area contributed by atoms with E-state index in [1.165, 1.54) is 0 Å². The van der Waals surface area contributed by atoms with Crippen molar-refractivity contribution in [3.63, 3.8) is 0 Å². The minimum Gasteiger partial charge on any atom is -0.475 e. The third kappa shape index (κ3) is 2.10. The van der Waals surface area contributed by atoms with Crippen molar-refractivity contribution in [1.29, 1.82) is 0 Å². The molecule has 0 spiro atoms. The lowest BCUT2D eigenvalue weighted by atomic mass is 9.99. The summed E-state index contributed by atoms with van der Waals surface area (Å²) in [4.78, 5) is 11.3. The van der Waals surface area contributed by atoms with E-state index < -0.39 is 5.97 Å². The predicted molar refractivity (Wildman–Crippen MR) is 71.5 cm³/mol. The molecule has 18 heavy (non-hydrogen) atoms. The Morgan fingerprint density at radius 3 is 2.67 bits per heavy atom. The Kier molecular flexibility index (Phi) is 3.35. The number of carbonyl (C=O) groups is 1. The molecule has 0 aliphatic heterocycles. The lowest BCUT2D eigenvalue weighted by molar-refractivity contribution is 0.0663. The second kappa shape index (κ2) is 4.65. The summed E-state index contributed by atoms with van der Waals surface area (Å²) in [6.45, 7) is 5.95. The second-order valence-corrected chi connectivity index (χ2v) is 5.29. The SMILES string of the molecule is Cc1ccc(Cl)c2c(CC(C)C)c(C(=O)O)oc12. The average molecular weight is 267 g/mol. The Balaban J connectivity index is 2.80. The van der Waals surface area contributed by atoms with Gasteiger partial charge in [0.25, 0.3) is 0 Å². The van der Waals surface area contributed by atoms with Gasteiger partial charge >= 0.3 is 5.97 Å². The van der Waals surface area contributed by atoms with Gasteiger partial charge in [0.2, 0.25) is 5.76 Å². The van der Waals surface area contributed by atoms with Gasteiger partial charge in [0.15, 0.2) is 0 Å². The van der Waals surface area contributed by atoms with Crippen molar-refractivity contribution in [2.24, 2.45) is 5.92 Å². The third-order valence-electron chi connectivity index (χ3n) is 2.89. The largest absolute Gasteiger partial charge is 0.475 e. The van der Waals surface area contributed by atoms with Crippen LogP contribution in [-0.4, -0.2) is 11.1 Å². The van der Waals surface area contributed by atoms with E-state index in [0.29, 0.717) is 28.5 Å². The van der Waals surface area contributed by atoms with Crippen LogP contribution in [0.1, 0.15) is 35.5 Å². The van der Waals surface area contributed by atoms with Gasteiger partial charge in [0.1, 0.15) is 5.58 Å². The van der Waals surface area contributed by atoms with Gasteiger partial charge in [-0.3, -0.25) is 0 Å².